The highest BCUT2D eigenvalue weighted by Gasteiger charge is 2.17. The predicted octanol–water partition coefficient (Wildman–Crippen LogP) is 2.87. The molecule has 0 unspecified atom stereocenters. The number of para-hydroxylation sites is 1. The lowest BCUT2D eigenvalue weighted by atomic mass is 10.3. The van der Waals surface area contributed by atoms with Crippen molar-refractivity contribution in [1.29, 1.82) is 0 Å². The second-order valence-electron chi connectivity index (χ2n) is 5.32. The van der Waals surface area contributed by atoms with Gasteiger partial charge in [0.05, 0.1) is 17.9 Å². The summed E-state index contributed by atoms with van der Waals surface area (Å²) >= 11 is 1.57. The van der Waals surface area contributed by atoms with Crippen LogP contribution in [0.4, 0.5) is 10.5 Å². The molecule has 0 saturated heterocycles. The standard InChI is InChI=1S/C17H18N4O2S/c1-12-15(19-17(23)18-11-14-9-6-10-24-14)16(22)21(20(12)2)13-7-4-3-5-8-13/h3-10H,11H2,1-2H3,(H2,18,19,23). The Morgan fingerprint density at radius 2 is 1.92 bits per heavy atom. The van der Waals surface area contributed by atoms with E-state index in [1.54, 1.807) is 30.0 Å². The number of amides is 2. The van der Waals surface area contributed by atoms with E-state index in [-0.39, 0.29) is 11.2 Å². The van der Waals surface area contributed by atoms with Crippen LogP contribution in [0, 0.1) is 6.92 Å². The van der Waals surface area contributed by atoms with Gasteiger partial charge in [-0.25, -0.2) is 9.48 Å². The third-order valence-electron chi connectivity index (χ3n) is 3.80. The fraction of sp³-hybridized carbons (Fsp3) is 0.176. The average molecular weight is 342 g/mol. The maximum Gasteiger partial charge on any atom is 0.319 e. The van der Waals surface area contributed by atoms with Gasteiger partial charge in [0.15, 0.2) is 0 Å². The minimum atomic E-state index is -0.394. The number of nitrogens with zero attached hydrogens (tertiary/aromatic N) is 2. The van der Waals surface area contributed by atoms with Crippen LogP contribution in [0.2, 0.25) is 0 Å². The number of nitrogens with one attached hydrogen (secondary N) is 2. The van der Waals surface area contributed by atoms with Crippen molar-refractivity contribution in [3.63, 3.8) is 0 Å². The molecule has 24 heavy (non-hydrogen) atoms. The molecule has 2 amide bonds. The monoisotopic (exact) mass is 342 g/mol. The molecule has 3 rings (SSSR count). The Kier molecular flexibility index (Phi) is 4.52. The van der Waals surface area contributed by atoms with Gasteiger partial charge >= 0.3 is 6.03 Å². The number of thiophene rings is 1. The number of benzene rings is 1. The number of carbonyl (C=O) groups excluding carboxylic acids is 1. The van der Waals surface area contributed by atoms with Crippen molar-refractivity contribution in [2.75, 3.05) is 5.32 Å². The molecule has 0 fully saturated rings. The van der Waals surface area contributed by atoms with E-state index in [0.29, 0.717) is 12.2 Å². The molecule has 3 aromatic rings. The first-order chi connectivity index (χ1) is 11.6. The van der Waals surface area contributed by atoms with Gasteiger partial charge in [0.2, 0.25) is 0 Å². The first-order valence-corrected chi connectivity index (χ1v) is 8.37. The topological polar surface area (TPSA) is 68.1 Å². The Hall–Kier alpha value is -2.80. The highest BCUT2D eigenvalue weighted by atomic mass is 32.1. The van der Waals surface area contributed by atoms with Crippen molar-refractivity contribution in [3.05, 3.63) is 68.8 Å². The van der Waals surface area contributed by atoms with Gasteiger partial charge in [-0.2, -0.15) is 0 Å². The summed E-state index contributed by atoms with van der Waals surface area (Å²) in [6.07, 6.45) is 0. The number of carbonyl (C=O) groups is 1. The molecule has 6 nitrogen and oxygen atoms in total. The Bertz CT molecular complexity index is 895. The van der Waals surface area contributed by atoms with E-state index in [1.807, 2.05) is 47.8 Å². The van der Waals surface area contributed by atoms with Crippen LogP contribution in [0.25, 0.3) is 5.69 Å². The lowest BCUT2D eigenvalue weighted by Crippen LogP contribution is -2.30. The molecule has 0 saturated carbocycles. The van der Waals surface area contributed by atoms with Crippen LogP contribution in [0.3, 0.4) is 0 Å². The van der Waals surface area contributed by atoms with Crippen LogP contribution in [-0.2, 0) is 13.6 Å². The third kappa shape index (κ3) is 3.11. The van der Waals surface area contributed by atoms with Crippen LogP contribution in [0.1, 0.15) is 10.6 Å². The van der Waals surface area contributed by atoms with Crippen molar-refractivity contribution in [3.8, 4) is 5.69 Å². The van der Waals surface area contributed by atoms with Crippen molar-refractivity contribution in [2.45, 2.75) is 13.5 Å². The van der Waals surface area contributed by atoms with Crippen LogP contribution >= 0.6 is 11.3 Å². The maximum absolute atomic E-state index is 12.7. The molecule has 0 bridgehead atoms. The van der Waals surface area contributed by atoms with E-state index >= 15 is 0 Å². The van der Waals surface area contributed by atoms with E-state index in [2.05, 4.69) is 10.6 Å². The number of hydrogen-bond acceptors (Lipinski definition) is 3. The smallest absolute Gasteiger partial charge is 0.319 e. The molecule has 0 atom stereocenters. The lowest BCUT2D eigenvalue weighted by Gasteiger charge is -2.07. The summed E-state index contributed by atoms with van der Waals surface area (Å²) < 4.78 is 3.26. The van der Waals surface area contributed by atoms with E-state index in [4.69, 9.17) is 0 Å². The molecule has 0 spiro atoms. The van der Waals surface area contributed by atoms with Crippen LogP contribution in [0.5, 0.6) is 0 Å². The molecule has 2 heterocycles. The normalized spacial score (nSPS) is 10.6. The molecule has 2 aromatic heterocycles. The molecule has 0 radical (unpaired) electrons. The van der Waals surface area contributed by atoms with E-state index in [1.165, 1.54) is 4.68 Å². The maximum atomic E-state index is 12.7. The Morgan fingerprint density at radius 3 is 2.58 bits per heavy atom. The molecular weight excluding hydrogens is 324 g/mol. The van der Waals surface area contributed by atoms with E-state index < -0.39 is 6.03 Å². The quantitative estimate of drug-likeness (QED) is 0.765. The van der Waals surface area contributed by atoms with Gasteiger partial charge in [-0.05, 0) is 30.5 Å². The van der Waals surface area contributed by atoms with E-state index in [0.717, 1.165) is 10.6 Å². The van der Waals surface area contributed by atoms with Crippen LogP contribution < -0.4 is 16.2 Å². The van der Waals surface area contributed by atoms with Gasteiger partial charge < -0.3 is 10.6 Å². The molecule has 7 heteroatoms. The van der Waals surface area contributed by atoms with Gasteiger partial charge in [-0.15, -0.1) is 11.3 Å². The second kappa shape index (κ2) is 6.76. The molecule has 124 valence electrons. The summed E-state index contributed by atoms with van der Waals surface area (Å²) in [5.41, 5.74) is 1.47. The Morgan fingerprint density at radius 1 is 1.17 bits per heavy atom. The van der Waals surface area contributed by atoms with Gasteiger partial charge in [-0.1, -0.05) is 24.3 Å². The third-order valence-corrected chi connectivity index (χ3v) is 4.67. The van der Waals surface area contributed by atoms with Crippen molar-refractivity contribution in [2.24, 2.45) is 7.05 Å². The van der Waals surface area contributed by atoms with Gasteiger partial charge in [-0.3, -0.25) is 9.48 Å². The fourth-order valence-electron chi connectivity index (χ4n) is 2.45. The number of rotatable bonds is 4. The molecule has 0 aliphatic heterocycles. The van der Waals surface area contributed by atoms with Crippen molar-refractivity contribution in [1.82, 2.24) is 14.7 Å². The molecule has 1 aromatic carbocycles. The SMILES string of the molecule is Cc1c(NC(=O)NCc2cccs2)c(=O)n(-c2ccccc2)n1C. The predicted molar refractivity (Wildman–Crippen MR) is 95.9 cm³/mol. The molecule has 0 aliphatic rings. The zero-order chi connectivity index (χ0) is 17.1. The molecule has 2 N–H and O–H groups in total. The zero-order valence-corrected chi connectivity index (χ0v) is 14.3. The highest BCUT2D eigenvalue weighted by Crippen LogP contribution is 2.14. The Balaban J connectivity index is 1.81. The minimum absolute atomic E-state index is 0.257. The van der Waals surface area contributed by atoms with Gasteiger partial charge in [0, 0.05) is 11.9 Å². The lowest BCUT2D eigenvalue weighted by molar-refractivity contribution is 0.252. The van der Waals surface area contributed by atoms with Crippen molar-refractivity contribution < 1.29 is 4.79 Å². The van der Waals surface area contributed by atoms with Gasteiger partial charge in [0.1, 0.15) is 5.69 Å². The summed E-state index contributed by atoms with van der Waals surface area (Å²) in [5, 5.41) is 7.38. The summed E-state index contributed by atoms with van der Waals surface area (Å²) in [5.74, 6) is 0. The number of aromatic nitrogens is 2. The van der Waals surface area contributed by atoms with Crippen molar-refractivity contribution >= 4 is 23.1 Å². The van der Waals surface area contributed by atoms with Crippen LogP contribution in [-0.4, -0.2) is 15.4 Å². The molecule has 0 aliphatic carbocycles. The number of urea groups is 1. The number of hydrogen-bond donors (Lipinski definition) is 2. The number of anilines is 1. The highest BCUT2D eigenvalue weighted by molar-refractivity contribution is 7.09. The van der Waals surface area contributed by atoms with Gasteiger partial charge in [0.25, 0.3) is 5.56 Å². The molecular formula is C17H18N4O2S. The summed E-state index contributed by atoms with van der Waals surface area (Å²) in [4.78, 5) is 25.8. The summed E-state index contributed by atoms with van der Waals surface area (Å²) in [6, 6.07) is 12.8. The summed E-state index contributed by atoms with van der Waals surface area (Å²) in [6.45, 7) is 2.23. The first-order valence-electron chi connectivity index (χ1n) is 7.49. The minimum Gasteiger partial charge on any atom is -0.333 e. The van der Waals surface area contributed by atoms with Crippen LogP contribution in [0.15, 0.2) is 52.6 Å². The van der Waals surface area contributed by atoms with E-state index in [9.17, 15) is 9.59 Å². The average Bonchev–Trinajstić information content (AvgIpc) is 3.17. The zero-order valence-electron chi connectivity index (χ0n) is 13.4. The second-order valence-corrected chi connectivity index (χ2v) is 6.36. The first kappa shape index (κ1) is 16.1. The largest absolute Gasteiger partial charge is 0.333 e. The summed E-state index contributed by atoms with van der Waals surface area (Å²) in [7, 11) is 1.79. The Labute approximate surface area is 143 Å². The fourth-order valence-corrected chi connectivity index (χ4v) is 3.10.